The molecule has 1 aromatic heterocycles. The number of hydrogen-bond acceptors (Lipinski definition) is 7. The van der Waals surface area contributed by atoms with Gasteiger partial charge in [-0.05, 0) is 32.4 Å². The van der Waals surface area contributed by atoms with E-state index in [0.29, 0.717) is 0 Å². The first-order valence-corrected chi connectivity index (χ1v) is 8.76. The standard InChI is InChI=1S/C15H17N3O2S2/c1-8-4-5-11(9(2)6-8)16-14-17-18-15(22-14)21-12-7-10(3)20-13(12)19/h4-6,10,12H,7H2,1-3H3,(H,16,17)/t10-,12+/m1/s1. The van der Waals surface area contributed by atoms with E-state index < -0.39 is 0 Å². The van der Waals surface area contributed by atoms with E-state index in [0.717, 1.165) is 27.1 Å². The van der Waals surface area contributed by atoms with Crippen molar-refractivity contribution in [2.45, 2.75) is 42.9 Å². The van der Waals surface area contributed by atoms with Crippen molar-refractivity contribution in [1.82, 2.24) is 10.2 Å². The van der Waals surface area contributed by atoms with E-state index in [2.05, 4.69) is 41.5 Å². The van der Waals surface area contributed by atoms with Crippen LogP contribution in [0.15, 0.2) is 22.5 Å². The van der Waals surface area contributed by atoms with E-state index in [9.17, 15) is 4.79 Å². The lowest BCUT2D eigenvalue weighted by atomic mass is 10.1. The first-order chi connectivity index (χ1) is 10.5. The van der Waals surface area contributed by atoms with Crippen LogP contribution in [0, 0.1) is 13.8 Å². The number of esters is 1. The van der Waals surface area contributed by atoms with Crippen LogP contribution in [0.1, 0.15) is 24.5 Å². The van der Waals surface area contributed by atoms with Crippen molar-refractivity contribution in [1.29, 1.82) is 0 Å². The number of aryl methyl sites for hydroxylation is 2. The molecule has 22 heavy (non-hydrogen) atoms. The largest absolute Gasteiger partial charge is 0.462 e. The molecule has 116 valence electrons. The average Bonchev–Trinajstić information content (AvgIpc) is 3.00. The van der Waals surface area contributed by atoms with Crippen molar-refractivity contribution in [2.75, 3.05) is 5.32 Å². The molecule has 1 saturated heterocycles. The van der Waals surface area contributed by atoms with Crippen molar-refractivity contribution >= 4 is 39.9 Å². The summed E-state index contributed by atoms with van der Waals surface area (Å²) in [6.45, 7) is 6.03. The van der Waals surface area contributed by atoms with Gasteiger partial charge in [0.15, 0.2) is 4.34 Å². The summed E-state index contributed by atoms with van der Waals surface area (Å²) in [4.78, 5) is 11.7. The summed E-state index contributed by atoms with van der Waals surface area (Å²) in [6.07, 6.45) is 0.717. The zero-order valence-corrected chi connectivity index (χ0v) is 14.3. The molecule has 3 rings (SSSR count). The number of nitrogens with one attached hydrogen (secondary N) is 1. The third-order valence-corrected chi connectivity index (χ3v) is 5.52. The van der Waals surface area contributed by atoms with Crippen molar-refractivity contribution < 1.29 is 9.53 Å². The Hall–Kier alpha value is -1.60. The number of carbonyl (C=O) groups is 1. The molecule has 0 aliphatic carbocycles. The lowest BCUT2D eigenvalue weighted by Gasteiger charge is -2.06. The lowest BCUT2D eigenvalue weighted by molar-refractivity contribution is -0.140. The van der Waals surface area contributed by atoms with Gasteiger partial charge in [-0.3, -0.25) is 4.79 Å². The Morgan fingerprint density at radius 3 is 2.86 bits per heavy atom. The molecule has 0 unspecified atom stereocenters. The smallest absolute Gasteiger partial charge is 0.319 e. The maximum atomic E-state index is 11.7. The summed E-state index contributed by atoms with van der Waals surface area (Å²) in [5.74, 6) is -0.156. The number of rotatable bonds is 4. The van der Waals surface area contributed by atoms with Gasteiger partial charge in [0.1, 0.15) is 11.4 Å². The van der Waals surface area contributed by atoms with Crippen LogP contribution in [0.25, 0.3) is 0 Å². The number of nitrogens with zero attached hydrogens (tertiary/aromatic N) is 2. The zero-order valence-electron chi connectivity index (χ0n) is 12.6. The summed E-state index contributed by atoms with van der Waals surface area (Å²) in [6, 6.07) is 6.21. The number of aromatic nitrogens is 2. The van der Waals surface area contributed by atoms with Gasteiger partial charge in [0.25, 0.3) is 0 Å². The number of ether oxygens (including phenoxy) is 1. The van der Waals surface area contributed by atoms with Crippen LogP contribution >= 0.6 is 23.1 Å². The van der Waals surface area contributed by atoms with Gasteiger partial charge < -0.3 is 10.1 Å². The normalized spacial score (nSPS) is 21.0. The van der Waals surface area contributed by atoms with Crippen molar-refractivity contribution in [3.05, 3.63) is 29.3 Å². The van der Waals surface area contributed by atoms with Gasteiger partial charge in [0.2, 0.25) is 5.13 Å². The minimum Gasteiger partial charge on any atom is -0.462 e. The van der Waals surface area contributed by atoms with E-state index in [1.54, 1.807) is 0 Å². The van der Waals surface area contributed by atoms with Crippen molar-refractivity contribution in [3.63, 3.8) is 0 Å². The molecule has 7 heteroatoms. The molecule has 1 fully saturated rings. The molecular weight excluding hydrogens is 318 g/mol. The molecule has 0 spiro atoms. The van der Waals surface area contributed by atoms with Crippen LogP contribution in [-0.2, 0) is 9.53 Å². The average molecular weight is 335 g/mol. The highest BCUT2D eigenvalue weighted by molar-refractivity contribution is 8.02. The molecule has 0 radical (unpaired) electrons. The van der Waals surface area contributed by atoms with Gasteiger partial charge in [-0.1, -0.05) is 40.8 Å². The minimum atomic E-state index is -0.170. The van der Waals surface area contributed by atoms with Crippen LogP contribution in [-0.4, -0.2) is 27.5 Å². The Morgan fingerprint density at radius 1 is 1.36 bits per heavy atom. The minimum absolute atomic E-state index is 0.00859. The Kier molecular flexibility index (Phi) is 4.35. The van der Waals surface area contributed by atoms with Crippen LogP contribution in [0.3, 0.4) is 0 Å². The van der Waals surface area contributed by atoms with Gasteiger partial charge in [-0.2, -0.15) is 0 Å². The summed E-state index contributed by atoms with van der Waals surface area (Å²) in [7, 11) is 0. The fraction of sp³-hybridized carbons (Fsp3) is 0.400. The highest BCUT2D eigenvalue weighted by Gasteiger charge is 2.33. The SMILES string of the molecule is Cc1ccc(Nc2nnc(S[C@H]3C[C@@H](C)OC3=O)s2)c(C)c1. The van der Waals surface area contributed by atoms with E-state index in [1.165, 1.54) is 28.7 Å². The van der Waals surface area contributed by atoms with Gasteiger partial charge in [-0.25, -0.2) is 0 Å². The van der Waals surface area contributed by atoms with Gasteiger partial charge in [0.05, 0.1) is 0 Å². The number of carbonyl (C=O) groups excluding carboxylic acids is 1. The Labute approximate surface area is 137 Å². The molecule has 1 aromatic carbocycles. The maximum absolute atomic E-state index is 11.7. The van der Waals surface area contributed by atoms with Crippen LogP contribution in [0.4, 0.5) is 10.8 Å². The monoisotopic (exact) mass is 335 g/mol. The molecule has 1 aliphatic rings. The summed E-state index contributed by atoms with van der Waals surface area (Å²) in [5, 5.41) is 12.1. The predicted molar refractivity (Wildman–Crippen MR) is 88.9 cm³/mol. The summed E-state index contributed by atoms with van der Waals surface area (Å²) >= 11 is 2.88. The third kappa shape index (κ3) is 3.41. The van der Waals surface area contributed by atoms with E-state index in [-0.39, 0.29) is 17.3 Å². The zero-order chi connectivity index (χ0) is 15.7. The van der Waals surface area contributed by atoms with Crippen LogP contribution in [0.5, 0.6) is 0 Å². The summed E-state index contributed by atoms with van der Waals surface area (Å²) in [5.41, 5.74) is 3.41. The van der Waals surface area contributed by atoms with E-state index >= 15 is 0 Å². The second-order valence-corrected chi connectivity index (χ2v) is 7.83. The molecule has 2 atom stereocenters. The van der Waals surface area contributed by atoms with Crippen LogP contribution in [0.2, 0.25) is 0 Å². The highest BCUT2D eigenvalue weighted by atomic mass is 32.2. The molecule has 1 N–H and O–H groups in total. The topological polar surface area (TPSA) is 64.1 Å². The maximum Gasteiger partial charge on any atom is 0.319 e. The first kappa shape index (κ1) is 15.3. The quantitative estimate of drug-likeness (QED) is 0.860. The third-order valence-electron chi connectivity index (χ3n) is 3.40. The molecule has 2 heterocycles. The predicted octanol–water partition coefficient (Wildman–Crippen LogP) is 3.69. The Balaban J connectivity index is 1.67. The first-order valence-electron chi connectivity index (χ1n) is 7.06. The molecule has 0 amide bonds. The molecule has 2 aromatic rings. The highest BCUT2D eigenvalue weighted by Crippen LogP contribution is 2.35. The second kappa shape index (κ2) is 6.26. The van der Waals surface area contributed by atoms with Gasteiger partial charge in [-0.15, -0.1) is 10.2 Å². The van der Waals surface area contributed by atoms with Gasteiger partial charge >= 0.3 is 5.97 Å². The van der Waals surface area contributed by atoms with E-state index in [4.69, 9.17) is 4.74 Å². The molecule has 0 saturated carbocycles. The number of thioether (sulfide) groups is 1. The number of benzene rings is 1. The number of cyclic esters (lactones) is 1. The Morgan fingerprint density at radius 2 is 2.18 bits per heavy atom. The second-order valence-electron chi connectivity index (χ2n) is 5.41. The van der Waals surface area contributed by atoms with Gasteiger partial charge in [0, 0.05) is 12.1 Å². The number of anilines is 2. The fourth-order valence-corrected chi connectivity index (χ4v) is 4.43. The Bertz CT molecular complexity index is 702. The molecule has 5 nitrogen and oxygen atoms in total. The van der Waals surface area contributed by atoms with Crippen molar-refractivity contribution in [2.24, 2.45) is 0 Å². The lowest BCUT2D eigenvalue weighted by Crippen LogP contribution is -2.08. The van der Waals surface area contributed by atoms with Crippen molar-refractivity contribution in [3.8, 4) is 0 Å². The molecule has 1 aliphatic heterocycles. The number of hydrogen-bond donors (Lipinski definition) is 1. The fourth-order valence-electron chi connectivity index (χ4n) is 2.31. The van der Waals surface area contributed by atoms with E-state index in [1.807, 2.05) is 13.0 Å². The van der Waals surface area contributed by atoms with Crippen LogP contribution < -0.4 is 5.32 Å². The molecule has 0 bridgehead atoms. The molecular formula is C15H17N3O2S2. The summed E-state index contributed by atoms with van der Waals surface area (Å²) < 4.78 is 5.94.